The maximum absolute atomic E-state index is 9.38. The van der Waals surface area contributed by atoms with Gasteiger partial charge in [-0.25, -0.2) is 0 Å². The van der Waals surface area contributed by atoms with Crippen LogP contribution < -0.4 is 5.73 Å². The van der Waals surface area contributed by atoms with Crippen molar-refractivity contribution in [3.8, 4) is 5.75 Å². The van der Waals surface area contributed by atoms with Crippen molar-refractivity contribution in [1.82, 2.24) is 0 Å². The van der Waals surface area contributed by atoms with Crippen LogP contribution in [0.25, 0.3) is 6.08 Å². The number of halogens is 1. The summed E-state index contributed by atoms with van der Waals surface area (Å²) in [6, 6.07) is 3.52. The van der Waals surface area contributed by atoms with E-state index in [1.54, 1.807) is 18.2 Å². The fourth-order valence-corrected chi connectivity index (χ4v) is 1.27. The Kier molecular flexibility index (Phi) is 3.34. The van der Waals surface area contributed by atoms with E-state index in [9.17, 15) is 5.11 Å². The number of aryl methyl sites for hydroxylation is 1. The summed E-state index contributed by atoms with van der Waals surface area (Å²) in [4.78, 5) is 0. The summed E-state index contributed by atoms with van der Waals surface area (Å²) in [5.41, 5.74) is 7.08. The summed E-state index contributed by atoms with van der Waals surface area (Å²) in [6.07, 6.45) is 3.59. The fraction of sp³-hybridized carbons (Fsp3) is 0.200. The lowest BCUT2D eigenvalue weighted by Gasteiger charge is -2.03. The largest absolute Gasteiger partial charge is 0.506 e. The molecule has 0 spiro atoms. The SMILES string of the molecule is Cc1cc(O)c(Cl)c(/C=C/CN)c1. The Morgan fingerprint density at radius 2 is 2.23 bits per heavy atom. The number of nitrogens with two attached hydrogens (primary N) is 1. The van der Waals surface area contributed by atoms with E-state index < -0.39 is 0 Å². The maximum atomic E-state index is 9.38. The molecule has 1 aromatic carbocycles. The summed E-state index contributed by atoms with van der Waals surface area (Å²) < 4.78 is 0. The number of hydrogen-bond donors (Lipinski definition) is 2. The average Bonchev–Trinajstić information content (AvgIpc) is 2.09. The van der Waals surface area contributed by atoms with Crippen molar-refractivity contribution in [3.05, 3.63) is 34.4 Å². The van der Waals surface area contributed by atoms with Crippen LogP contribution in [0.2, 0.25) is 5.02 Å². The number of hydrogen-bond acceptors (Lipinski definition) is 2. The normalized spacial score (nSPS) is 11.0. The molecule has 0 heterocycles. The molecule has 0 atom stereocenters. The zero-order valence-electron chi connectivity index (χ0n) is 7.42. The second kappa shape index (κ2) is 4.30. The van der Waals surface area contributed by atoms with Crippen LogP contribution in [0.1, 0.15) is 11.1 Å². The third-order valence-corrected chi connectivity index (χ3v) is 2.07. The molecule has 0 aliphatic heterocycles. The topological polar surface area (TPSA) is 46.2 Å². The lowest BCUT2D eigenvalue weighted by atomic mass is 10.1. The Balaban J connectivity index is 3.12. The molecule has 0 fully saturated rings. The molecule has 0 unspecified atom stereocenters. The van der Waals surface area contributed by atoms with Crippen LogP contribution in [0.3, 0.4) is 0 Å². The summed E-state index contributed by atoms with van der Waals surface area (Å²) in [6.45, 7) is 2.36. The molecule has 0 radical (unpaired) electrons. The van der Waals surface area contributed by atoms with E-state index in [4.69, 9.17) is 17.3 Å². The summed E-state index contributed by atoms with van der Waals surface area (Å²) in [7, 11) is 0. The molecule has 2 nitrogen and oxygen atoms in total. The molecule has 0 amide bonds. The molecule has 3 heteroatoms. The molecule has 0 aromatic heterocycles. The summed E-state index contributed by atoms with van der Waals surface area (Å²) in [5, 5.41) is 9.75. The van der Waals surface area contributed by atoms with Gasteiger partial charge in [0.15, 0.2) is 0 Å². The summed E-state index contributed by atoms with van der Waals surface area (Å²) in [5.74, 6) is 0.110. The van der Waals surface area contributed by atoms with Crippen molar-refractivity contribution >= 4 is 17.7 Å². The molecular formula is C10H12ClNO. The van der Waals surface area contributed by atoms with Crippen LogP contribution >= 0.6 is 11.6 Å². The van der Waals surface area contributed by atoms with Crippen molar-refractivity contribution in [1.29, 1.82) is 0 Å². The lowest BCUT2D eigenvalue weighted by molar-refractivity contribution is 0.475. The fourth-order valence-electron chi connectivity index (χ4n) is 1.09. The third kappa shape index (κ3) is 2.47. The highest BCUT2D eigenvalue weighted by molar-refractivity contribution is 6.33. The van der Waals surface area contributed by atoms with Gasteiger partial charge in [0.1, 0.15) is 5.75 Å². The molecule has 0 saturated carbocycles. The first-order valence-corrected chi connectivity index (χ1v) is 4.38. The second-order valence-electron chi connectivity index (χ2n) is 2.83. The van der Waals surface area contributed by atoms with E-state index in [2.05, 4.69) is 0 Å². The van der Waals surface area contributed by atoms with Gasteiger partial charge < -0.3 is 10.8 Å². The molecule has 1 aromatic rings. The van der Waals surface area contributed by atoms with Gasteiger partial charge in [0, 0.05) is 6.54 Å². The number of phenols is 1. The number of benzene rings is 1. The van der Waals surface area contributed by atoms with Gasteiger partial charge >= 0.3 is 0 Å². The van der Waals surface area contributed by atoms with Crippen LogP contribution in [0.15, 0.2) is 18.2 Å². The molecule has 1 rings (SSSR count). The molecule has 0 aliphatic rings. The highest BCUT2D eigenvalue weighted by Gasteiger charge is 2.03. The second-order valence-corrected chi connectivity index (χ2v) is 3.20. The van der Waals surface area contributed by atoms with Crippen LogP contribution in [0.4, 0.5) is 0 Å². The molecule has 70 valence electrons. The van der Waals surface area contributed by atoms with Crippen molar-refractivity contribution in [3.63, 3.8) is 0 Å². The Morgan fingerprint density at radius 1 is 1.54 bits per heavy atom. The zero-order valence-corrected chi connectivity index (χ0v) is 8.17. The van der Waals surface area contributed by atoms with Crippen molar-refractivity contribution in [2.75, 3.05) is 6.54 Å². The predicted molar refractivity (Wildman–Crippen MR) is 55.9 cm³/mol. The van der Waals surface area contributed by atoms with E-state index in [-0.39, 0.29) is 5.75 Å². The van der Waals surface area contributed by atoms with Gasteiger partial charge in [0.25, 0.3) is 0 Å². The lowest BCUT2D eigenvalue weighted by Crippen LogP contribution is -1.92. The van der Waals surface area contributed by atoms with Gasteiger partial charge in [-0.05, 0) is 24.1 Å². The van der Waals surface area contributed by atoms with E-state index in [0.29, 0.717) is 11.6 Å². The van der Waals surface area contributed by atoms with Crippen molar-refractivity contribution < 1.29 is 5.11 Å². The van der Waals surface area contributed by atoms with E-state index in [0.717, 1.165) is 11.1 Å². The predicted octanol–water partition coefficient (Wildman–Crippen LogP) is 2.33. The zero-order chi connectivity index (χ0) is 9.84. The van der Waals surface area contributed by atoms with Crippen molar-refractivity contribution in [2.24, 2.45) is 5.73 Å². The minimum atomic E-state index is 0.110. The van der Waals surface area contributed by atoms with E-state index in [1.807, 2.05) is 13.0 Å². The van der Waals surface area contributed by atoms with Crippen LogP contribution in [0, 0.1) is 6.92 Å². The van der Waals surface area contributed by atoms with E-state index in [1.165, 1.54) is 0 Å². The first kappa shape index (κ1) is 10.1. The Morgan fingerprint density at radius 3 is 2.85 bits per heavy atom. The Hall–Kier alpha value is -0.990. The molecule has 3 N–H and O–H groups in total. The Bertz CT molecular complexity index is 334. The molecular weight excluding hydrogens is 186 g/mol. The van der Waals surface area contributed by atoms with Crippen LogP contribution in [-0.2, 0) is 0 Å². The number of aromatic hydroxyl groups is 1. The first-order chi connectivity index (χ1) is 6.15. The standard InChI is InChI=1S/C10H12ClNO/c1-7-5-8(3-2-4-12)10(11)9(13)6-7/h2-3,5-6,13H,4,12H2,1H3/b3-2+. The molecule has 0 bridgehead atoms. The summed E-state index contributed by atoms with van der Waals surface area (Å²) >= 11 is 5.86. The van der Waals surface area contributed by atoms with Crippen LogP contribution in [-0.4, -0.2) is 11.7 Å². The van der Waals surface area contributed by atoms with Gasteiger partial charge in [0.2, 0.25) is 0 Å². The number of rotatable bonds is 2. The number of phenolic OH excluding ortho intramolecular Hbond substituents is 1. The maximum Gasteiger partial charge on any atom is 0.135 e. The third-order valence-electron chi connectivity index (χ3n) is 1.66. The van der Waals surface area contributed by atoms with Gasteiger partial charge in [0.05, 0.1) is 5.02 Å². The quantitative estimate of drug-likeness (QED) is 0.765. The van der Waals surface area contributed by atoms with E-state index >= 15 is 0 Å². The van der Waals surface area contributed by atoms with Crippen LogP contribution in [0.5, 0.6) is 5.75 Å². The minimum Gasteiger partial charge on any atom is -0.506 e. The van der Waals surface area contributed by atoms with Gasteiger partial charge in [-0.3, -0.25) is 0 Å². The minimum absolute atomic E-state index is 0.110. The average molecular weight is 198 g/mol. The van der Waals surface area contributed by atoms with Crippen molar-refractivity contribution in [2.45, 2.75) is 6.92 Å². The first-order valence-electron chi connectivity index (χ1n) is 4.01. The van der Waals surface area contributed by atoms with Gasteiger partial charge in [-0.2, -0.15) is 0 Å². The highest BCUT2D eigenvalue weighted by Crippen LogP contribution is 2.29. The molecule has 13 heavy (non-hydrogen) atoms. The van der Waals surface area contributed by atoms with Gasteiger partial charge in [-0.15, -0.1) is 0 Å². The molecule has 0 saturated heterocycles. The monoisotopic (exact) mass is 197 g/mol. The Labute approximate surface area is 82.6 Å². The molecule has 0 aliphatic carbocycles. The highest BCUT2D eigenvalue weighted by atomic mass is 35.5. The van der Waals surface area contributed by atoms with Gasteiger partial charge in [-0.1, -0.05) is 29.8 Å². The smallest absolute Gasteiger partial charge is 0.135 e.